The molecule has 0 unspecified atom stereocenters. The zero-order chi connectivity index (χ0) is 65.9. The summed E-state index contributed by atoms with van der Waals surface area (Å²) >= 11 is 0. The van der Waals surface area contributed by atoms with Crippen molar-refractivity contribution in [3.63, 3.8) is 0 Å². The normalized spacial score (nSPS) is 12.4. The Hall–Kier alpha value is -10.9. The highest BCUT2D eigenvalue weighted by Gasteiger charge is 2.17. The number of furan rings is 1. The van der Waals surface area contributed by atoms with Gasteiger partial charge in [-0.2, -0.15) is 0 Å². The molecular formula is C79H87N11O3. The number of rotatable bonds is 0. The number of pyridine rings is 2. The number of carbonyl (C=O) groups is 1. The van der Waals surface area contributed by atoms with Gasteiger partial charge in [0.2, 0.25) is 5.91 Å². The number of nitrogens with one attached hydrogen (secondary N) is 2. The van der Waals surface area contributed by atoms with E-state index < -0.39 is 0 Å². The van der Waals surface area contributed by atoms with E-state index in [1.807, 2.05) is 219 Å². The minimum atomic E-state index is 0.302. The van der Waals surface area contributed by atoms with Gasteiger partial charge in [-0.15, -0.1) is 0 Å². The Labute approximate surface area is 546 Å². The molecule has 0 radical (unpaired) electrons. The summed E-state index contributed by atoms with van der Waals surface area (Å²) in [5, 5.41) is 3.81. The number of piperidine rings is 1. The predicted octanol–water partition coefficient (Wildman–Crippen LogP) is 18.1. The SMILES string of the molecule is CN1CCCCC1=O.C[C@H]1Cc2ccccc2O1.Cc1c[nH]c2ccccc12.Cc1cc2ccccc2o1.Cc1ccccn1.Cc1cccnc1.Cc1nc2ccccc2[nH]1.Cc1nc2ccccc2n1C.Cn1ccc2ccccc21.Cn1cnc2ccccc21. The van der Waals surface area contributed by atoms with Crippen LogP contribution in [-0.2, 0) is 32.4 Å². The molecule has 8 aromatic heterocycles. The van der Waals surface area contributed by atoms with Crippen molar-refractivity contribution in [3.8, 4) is 5.75 Å². The second-order valence-corrected chi connectivity index (χ2v) is 22.8. The number of nitrogens with zero attached hydrogens (tertiary/aromatic N) is 9. The molecule has 2 aliphatic heterocycles. The number of amides is 1. The molecule has 10 heterocycles. The van der Waals surface area contributed by atoms with Crippen molar-refractivity contribution >= 4 is 71.8 Å². The average Bonchev–Trinajstić information content (AvgIpc) is 4.43. The minimum Gasteiger partial charge on any atom is -0.490 e. The van der Waals surface area contributed by atoms with Gasteiger partial charge in [0.15, 0.2) is 0 Å². The highest BCUT2D eigenvalue weighted by Crippen LogP contribution is 2.27. The quantitative estimate of drug-likeness (QED) is 0.152. The number of fused-ring (bicyclic) bond motifs is 7. The second-order valence-electron chi connectivity index (χ2n) is 22.8. The summed E-state index contributed by atoms with van der Waals surface area (Å²) in [6.07, 6.45) is 15.8. The molecule has 1 amide bonds. The molecule has 14 nitrogen and oxygen atoms in total. The highest BCUT2D eigenvalue weighted by atomic mass is 16.5. The Kier molecular flexibility index (Phi) is 25.6. The largest absolute Gasteiger partial charge is 0.490 e. The molecule has 15 aromatic rings. The molecule has 1 atom stereocenters. The molecule has 93 heavy (non-hydrogen) atoms. The maximum absolute atomic E-state index is 10.7. The number of hydrogen-bond acceptors (Lipinski definition) is 8. The fraction of sp³-hybridized carbons (Fsp3) is 0.215. The Balaban J connectivity index is 0.000000133. The van der Waals surface area contributed by atoms with Crippen LogP contribution in [-0.4, -0.2) is 79.1 Å². The first-order valence-corrected chi connectivity index (χ1v) is 31.5. The summed E-state index contributed by atoms with van der Waals surface area (Å²) in [6.45, 7) is 15.1. The van der Waals surface area contributed by atoms with Crippen molar-refractivity contribution in [3.05, 3.63) is 289 Å². The van der Waals surface area contributed by atoms with E-state index in [4.69, 9.17) is 9.15 Å². The molecular weight excluding hydrogens is 1150 g/mol. The van der Waals surface area contributed by atoms with E-state index in [9.17, 15) is 4.79 Å². The molecule has 1 fully saturated rings. The van der Waals surface area contributed by atoms with Crippen LogP contribution in [0.5, 0.6) is 5.75 Å². The van der Waals surface area contributed by atoms with Crippen LogP contribution in [0.4, 0.5) is 0 Å². The number of aryl methyl sites for hydroxylation is 9. The summed E-state index contributed by atoms with van der Waals surface area (Å²) in [7, 11) is 7.95. The zero-order valence-corrected chi connectivity index (χ0v) is 55.5. The van der Waals surface area contributed by atoms with Crippen molar-refractivity contribution in [1.82, 2.24) is 53.5 Å². The van der Waals surface area contributed by atoms with Crippen LogP contribution in [0.25, 0.3) is 65.9 Å². The van der Waals surface area contributed by atoms with Gasteiger partial charge in [-0.25, -0.2) is 15.0 Å². The van der Waals surface area contributed by atoms with E-state index in [2.05, 4.69) is 144 Å². The second kappa shape index (κ2) is 34.9. The third-order valence-corrected chi connectivity index (χ3v) is 15.3. The number of carbonyl (C=O) groups excluding carboxylic acids is 1. The molecule has 476 valence electrons. The van der Waals surface area contributed by atoms with E-state index in [-0.39, 0.29) is 0 Å². The third-order valence-electron chi connectivity index (χ3n) is 15.3. The van der Waals surface area contributed by atoms with Crippen LogP contribution < -0.4 is 4.74 Å². The molecule has 0 bridgehead atoms. The fourth-order valence-corrected chi connectivity index (χ4v) is 10.2. The summed E-state index contributed by atoms with van der Waals surface area (Å²) in [6, 6.07) is 71.1. The third kappa shape index (κ3) is 20.8. The lowest BCUT2D eigenvalue weighted by atomic mass is 10.1. The molecule has 2 aliphatic rings. The number of aromatic nitrogens is 10. The Morgan fingerprint density at radius 1 is 0.559 bits per heavy atom. The zero-order valence-electron chi connectivity index (χ0n) is 55.5. The smallest absolute Gasteiger partial charge is 0.222 e. The number of H-pyrrole nitrogens is 2. The Morgan fingerprint density at radius 2 is 1.22 bits per heavy atom. The maximum atomic E-state index is 10.7. The van der Waals surface area contributed by atoms with Crippen molar-refractivity contribution in [2.75, 3.05) is 13.6 Å². The predicted molar refractivity (Wildman–Crippen MR) is 384 cm³/mol. The van der Waals surface area contributed by atoms with Gasteiger partial charge in [0.25, 0.3) is 0 Å². The lowest BCUT2D eigenvalue weighted by Gasteiger charge is -2.21. The number of ether oxygens (including phenoxy) is 1. The number of benzene rings is 7. The van der Waals surface area contributed by atoms with Crippen molar-refractivity contribution in [1.29, 1.82) is 0 Å². The van der Waals surface area contributed by atoms with Crippen molar-refractivity contribution < 1.29 is 13.9 Å². The van der Waals surface area contributed by atoms with E-state index in [1.165, 1.54) is 61.3 Å². The lowest BCUT2D eigenvalue weighted by Crippen LogP contribution is -2.31. The van der Waals surface area contributed by atoms with Crippen LogP contribution in [0.2, 0.25) is 0 Å². The number of hydrogen-bond donors (Lipinski definition) is 2. The lowest BCUT2D eigenvalue weighted by molar-refractivity contribution is -0.131. The van der Waals surface area contributed by atoms with Gasteiger partial charge in [0.1, 0.15) is 34.8 Å². The Bertz CT molecular complexity index is 4280. The monoisotopic (exact) mass is 1240 g/mol. The molecule has 7 aromatic carbocycles. The molecule has 0 saturated carbocycles. The van der Waals surface area contributed by atoms with Crippen LogP contribution in [0.15, 0.2) is 254 Å². The molecule has 0 aliphatic carbocycles. The summed E-state index contributed by atoms with van der Waals surface area (Å²) in [5.41, 5.74) is 15.1. The van der Waals surface area contributed by atoms with Gasteiger partial charge in [-0.1, -0.05) is 121 Å². The number of para-hydroxylation sites is 10. The van der Waals surface area contributed by atoms with Crippen molar-refractivity contribution in [2.24, 2.45) is 21.1 Å². The fourth-order valence-electron chi connectivity index (χ4n) is 10.2. The molecule has 0 spiro atoms. The topological polar surface area (TPSA) is 154 Å². The van der Waals surface area contributed by atoms with E-state index in [0.29, 0.717) is 12.0 Å². The van der Waals surface area contributed by atoms with Gasteiger partial charge < -0.3 is 37.7 Å². The summed E-state index contributed by atoms with van der Waals surface area (Å²) in [5.74, 6) is 4.37. The first-order valence-electron chi connectivity index (χ1n) is 31.5. The van der Waals surface area contributed by atoms with E-state index in [1.54, 1.807) is 17.3 Å². The van der Waals surface area contributed by atoms with Crippen LogP contribution in [0.1, 0.15) is 66.0 Å². The van der Waals surface area contributed by atoms with Crippen molar-refractivity contribution in [2.45, 2.75) is 80.3 Å². The standard InChI is InChI=1S/C9H10N2.2C9H9N.C9H10O.C9H8O.2C8H8N2.C6H11NO.2C6H7N/c1-7-10-8-5-3-4-6-9(8)11(7)2;1-10-7-6-8-4-2-3-5-9(8)10;1-7-6-10-9-5-3-2-4-8(7)9;2*1-7-6-8-4-2-3-5-9(8)10-7;1-10-6-9-7-4-2-3-5-8(7)10;1-6-9-7-4-2-3-5-8(7)10-6;1-7-5-3-2-4-6(7)8;1-6-3-2-4-7-5-6;1-6-4-2-3-5-7-6/h3-6H,1-2H3;2-7H,1H3;2-6,10H,1H3;2-5,7H,6H2,1H3;2*2-6H,1H3;2-5H,1H3,(H,9,10);2-5H2,1H3;2*2-5H,1H3/t;;;7-;;;;;;/m...0....../s1. The molecule has 2 N–H and O–H groups in total. The average molecular weight is 1240 g/mol. The first-order chi connectivity index (χ1) is 45.1. The molecule has 17 rings (SSSR count). The molecule has 1 saturated heterocycles. The molecule has 14 heteroatoms. The van der Waals surface area contributed by atoms with Gasteiger partial charge in [0.05, 0.1) is 39.4 Å². The van der Waals surface area contributed by atoms with Crippen LogP contribution >= 0.6 is 0 Å². The van der Waals surface area contributed by atoms with Gasteiger partial charge in [-0.05, 0) is 174 Å². The van der Waals surface area contributed by atoms with Crippen LogP contribution in [0, 0.1) is 41.5 Å². The number of aromatic amines is 2. The summed E-state index contributed by atoms with van der Waals surface area (Å²) < 4.78 is 17.1. The van der Waals surface area contributed by atoms with Gasteiger partial charge in [0, 0.05) is 106 Å². The number of likely N-dealkylation sites (tertiary alicyclic amines) is 1. The minimum absolute atomic E-state index is 0.302. The summed E-state index contributed by atoms with van der Waals surface area (Å²) in [4.78, 5) is 39.5. The van der Waals surface area contributed by atoms with Gasteiger partial charge >= 0.3 is 0 Å². The van der Waals surface area contributed by atoms with E-state index >= 15 is 0 Å². The Morgan fingerprint density at radius 3 is 1.83 bits per heavy atom. The highest BCUT2D eigenvalue weighted by molar-refractivity contribution is 5.83. The number of imidazole rings is 3. The first kappa shape index (κ1) is 68.1. The van der Waals surface area contributed by atoms with Gasteiger partial charge in [-0.3, -0.25) is 14.8 Å². The van der Waals surface area contributed by atoms with E-state index in [0.717, 1.165) is 82.3 Å². The maximum Gasteiger partial charge on any atom is 0.222 e. The van der Waals surface area contributed by atoms with Crippen LogP contribution in [0.3, 0.4) is 0 Å².